The topological polar surface area (TPSA) is 108 Å². The van der Waals surface area contributed by atoms with Crippen molar-refractivity contribution >= 4 is 41.3 Å². The van der Waals surface area contributed by atoms with E-state index >= 15 is 0 Å². The van der Waals surface area contributed by atoms with E-state index in [0.29, 0.717) is 48.8 Å². The molecule has 1 aliphatic rings. The van der Waals surface area contributed by atoms with E-state index in [1.54, 1.807) is 18.2 Å². The molecular weight excluding hydrogens is 418 g/mol. The van der Waals surface area contributed by atoms with Crippen molar-refractivity contribution < 1.29 is 9.84 Å². The van der Waals surface area contributed by atoms with Crippen molar-refractivity contribution in [1.82, 2.24) is 15.0 Å². The van der Waals surface area contributed by atoms with Gasteiger partial charge in [-0.25, -0.2) is 5.43 Å². The third kappa shape index (κ3) is 5.39. The molecule has 31 heavy (non-hydrogen) atoms. The summed E-state index contributed by atoms with van der Waals surface area (Å²) in [6, 6.07) is 12.5. The lowest BCUT2D eigenvalue weighted by Gasteiger charge is -2.27. The van der Waals surface area contributed by atoms with Gasteiger partial charge in [0.1, 0.15) is 5.75 Å². The normalized spacial score (nSPS) is 14.1. The summed E-state index contributed by atoms with van der Waals surface area (Å²) >= 11 is 6.24. The predicted octanol–water partition coefficient (Wildman–Crippen LogP) is 3.57. The van der Waals surface area contributed by atoms with Crippen LogP contribution in [0.4, 0.5) is 23.5 Å². The van der Waals surface area contributed by atoms with Gasteiger partial charge in [-0.15, -0.1) is 0 Å². The van der Waals surface area contributed by atoms with Gasteiger partial charge in [0, 0.05) is 29.4 Å². The Hall–Kier alpha value is -3.43. The molecule has 0 bridgehead atoms. The molecule has 9 nitrogen and oxygen atoms in total. The number of para-hydroxylation sites is 1. The average Bonchev–Trinajstić information content (AvgIpc) is 2.78. The first-order valence-electron chi connectivity index (χ1n) is 9.77. The lowest BCUT2D eigenvalue weighted by Crippen LogP contribution is -2.37. The van der Waals surface area contributed by atoms with Gasteiger partial charge in [0.15, 0.2) is 0 Å². The van der Waals surface area contributed by atoms with Crippen LogP contribution in [-0.2, 0) is 4.74 Å². The minimum atomic E-state index is 0.135. The van der Waals surface area contributed by atoms with Crippen molar-refractivity contribution in [2.75, 3.05) is 41.9 Å². The van der Waals surface area contributed by atoms with Crippen LogP contribution in [0.25, 0.3) is 0 Å². The molecule has 3 aromatic rings. The van der Waals surface area contributed by atoms with Gasteiger partial charge in [-0.3, -0.25) is 0 Å². The fourth-order valence-electron chi connectivity index (χ4n) is 2.93. The van der Waals surface area contributed by atoms with Crippen molar-refractivity contribution in [3.63, 3.8) is 0 Å². The van der Waals surface area contributed by atoms with Crippen LogP contribution in [0.2, 0.25) is 5.02 Å². The Morgan fingerprint density at radius 1 is 1.10 bits per heavy atom. The van der Waals surface area contributed by atoms with Gasteiger partial charge in [0.2, 0.25) is 17.8 Å². The number of halogens is 1. The molecule has 0 spiro atoms. The molecule has 0 saturated carbocycles. The number of rotatable bonds is 6. The second-order valence-electron chi connectivity index (χ2n) is 6.90. The summed E-state index contributed by atoms with van der Waals surface area (Å²) in [5, 5.41) is 17.8. The number of nitrogens with one attached hydrogen (secondary N) is 2. The number of hydrogen-bond donors (Lipinski definition) is 3. The van der Waals surface area contributed by atoms with E-state index < -0.39 is 0 Å². The number of nitrogens with zero attached hydrogens (tertiary/aromatic N) is 5. The Morgan fingerprint density at radius 3 is 2.65 bits per heavy atom. The predicted molar refractivity (Wildman–Crippen MR) is 122 cm³/mol. The van der Waals surface area contributed by atoms with Crippen molar-refractivity contribution in [2.24, 2.45) is 5.10 Å². The highest BCUT2D eigenvalue weighted by molar-refractivity contribution is 6.31. The van der Waals surface area contributed by atoms with Crippen LogP contribution in [0.3, 0.4) is 0 Å². The Morgan fingerprint density at radius 2 is 1.87 bits per heavy atom. The molecule has 2 heterocycles. The number of phenols is 1. The van der Waals surface area contributed by atoms with Crippen LogP contribution >= 0.6 is 11.6 Å². The summed E-state index contributed by atoms with van der Waals surface area (Å²) < 4.78 is 5.42. The number of morpholine rings is 1. The van der Waals surface area contributed by atoms with Gasteiger partial charge < -0.3 is 20.1 Å². The molecule has 10 heteroatoms. The largest absolute Gasteiger partial charge is 0.507 e. The number of anilines is 4. The maximum Gasteiger partial charge on any atom is 0.250 e. The standard InChI is InChI=1S/C21H22ClN7O2/c1-14-6-7-16(12-17(14)22)24-19-25-20(27-21(26-19)29-8-10-31-11-9-29)28-23-13-15-4-2-3-5-18(15)30/h2-7,12-13,30H,8-11H2,1H3,(H2,24,25,26,27,28). The number of phenolic OH excluding ortho intramolecular Hbond substituents is 1. The van der Waals surface area contributed by atoms with E-state index in [-0.39, 0.29) is 11.7 Å². The summed E-state index contributed by atoms with van der Waals surface area (Å²) in [6.45, 7) is 4.52. The third-order valence-corrected chi connectivity index (χ3v) is 5.06. The quantitative estimate of drug-likeness (QED) is 0.395. The number of hydrogen-bond acceptors (Lipinski definition) is 9. The minimum Gasteiger partial charge on any atom is -0.507 e. The molecule has 1 aromatic heterocycles. The minimum absolute atomic E-state index is 0.135. The first-order chi connectivity index (χ1) is 15.1. The fourth-order valence-corrected chi connectivity index (χ4v) is 3.11. The van der Waals surface area contributed by atoms with Gasteiger partial charge >= 0.3 is 0 Å². The van der Waals surface area contributed by atoms with E-state index in [0.717, 1.165) is 11.3 Å². The SMILES string of the molecule is Cc1ccc(Nc2nc(NN=Cc3ccccc3O)nc(N3CCOCC3)n2)cc1Cl. The molecule has 1 fully saturated rings. The highest BCUT2D eigenvalue weighted by Gasteiger charge is 2.17. The molecule has 0 aliphatic carbocycles. The fraction of sp³-hybridized carbons (Fsp3) is 0.238. The van der Waals surface area contributed by atoms with Gasteiger partial charge in [-0.1, -0.05) is 29.8 Å². The summed E-state index contributed by atoms with van der Waals surface area (Å²) in [5.41, 5.74) is 5.14. The van der Waals surface area contributed by atoms with Crippen LogP contribution in [0, 0.1) is 6.92 Å². The van der Waals surface area contributed by atoms with Crippen LogP contribution < -0.4 is 15.6 Å². The molecule has 0 amide bonds. The molecule has 1 saturated heterocycles. The number of aromatic hydroxyl groups is 1. The van der Waals surface area contributed by atoms with E-state index in [9.17, 15) is 5.11 Å². The van der Waals surface area contributed by atoms with Crippen LogP contribution in [-0.4, -0.2) is 52.6 Å². The number of ether oxygens (including phenoxy) is 1. The maximum absolute atomic E-state index is 9.87. The zero-order valence-corrected chi connectivity index (χ0v) is 17.7. The molecule has 0 unspecified atom stereocenters. The molecule has 1 aliphatic heterocycles. The van der Waals surface area contributed by atoms with E-state index in [4.69, 9.17) is 16.3 Å². The Balaban J connectivity index is 1.59. The zero-order chi connectivity index (χ0) is 21.6. The molecule has 160 valence electrons. The van der Waals surface area contributed by atoms with Crippen molar-refractivity contribution in [3.05, 3.63) is 58.6 Å². The number of hydrazone groups is 1. The summed E-state index contributed by atoms with van der Waals surface area (Å²) in [4.78, 5) is 15.5. The highest BCUT2D eigenvalue weighted by Crippen LogP contribution is 2.23. The lowest BCUT2D eigenvalue weighted by atomic mass is 10.2. The smallest absolute Gasteiger partial charge is 0.250 e. The third-order valence-electron chi connectivity index (χ3n) is 4.65. The average molecular weight is 440 g/mol. The second-order valence-corrected chi connectivity index (χ2v) is 7.31. The molecule has 0 radical (unpaired) electrons. The summed E-state index contributed by atoms with van der Waals surface area (Å²) in [5.74, 6) is 1.27. The van der Waals surface area contributed by atoms with Gasteiger partial charge in [-0.05, 0) is 36.8 Å². The first kappa shape index (κ1) is 20.8. The van der Waals surface area contributed by atoms with Crippen LogP contribution in [0.1, 0.15) is 11.1 Å². The maximum atomic E-state index is 9.87. The highest BCUT2D eigenvalue weighted by atomic mass is 35.5. The Kier molecular flexibility index (Phi) is 6.44. The second kappa shape index (κ2) is 9.59. The molecule has 4 rings (SSSR count). The van der Waals surface area contributed by atoms with Crippen molar-refractivity contribution in [1.29, 1.82) is 0 Å². The van der Waals surface area contributed by atoms with Crippen molar-refractivity contribution in [2.45, 2.75) is 6.92 Å². The first-order valence-corrected chi connectivity index (χ1v) is 10.2. The van der Waals surface area contributed by atoms with E-state index in [2.05, 4.69) is 30.8 Å². The summed E-state index contributed by atoms with van der Waals surface area (Å²) in [7, 11) is 0. The molecule has 0 atom stereocenters. The number of aryl methyl sites for hydroxylation is 1. The van der Waals surface area contributed by atoms with Gasteiger partial charge in [-0.2, -0.15) is 20.1 Å². The van der Waals surface area contributed by atoms with Crippen LogP contribution in [0.15, 0.2) is 47.6 Å². The monoisotopic (exact) mass is 439 g/mol. The molecule has 2 aromatic carbocycles. The van der Waals surface area contributed by atoms with Crippen molar-refractivity contribution in [3.8, 4) is 5.75 Å². The van der Waals surface area contributed by atoms with Crippen LogP contribution in [0.5, 0.6) is 5.75 Å². The number of benzene rings is 2. The van der Waals surface area contributed by atoms with E-state index in [1.165, 1.54) is 6.21 Å². The lowest BCUT2D eigenvalue weighted by molar-refractivity contribution is 0.122. The Labute approximate surface area is 184 Å². The molecular formula is C21H22ClN7O2. The van der Waals surface area contributed by atoms with Gasteiger partial charge in [0.25, 0.3) is 0 Å². The summed E-state index contributed by atoms with van der Waals surface area (Å²) in [6.07, 6.45) is 1.50. The zero-order valence-electron chi connectivity index (χ0n) is 16.9. The number of aromatic nitrogens is 3. The Bertz CT molecular complexity index is 1090. The van der Waals surface area contributed by atoms with E-state index in [1.807, 2.05) is 36.1 Å². The molecule has 3 N–H and O–H groups in total. The van der Waals surface area contributed by atoms with Gasteiger partial charge in [0.05, 0.1) is 19.4 Å².